The molecule has 0 spiro atoms. The van der Waals surface area contributed by atoms with Gasteiger partial charge in [0.15, 0.2) is 0 Å². The van der Waals surface area contributed by atoms with Crippen molar-refractivity contribution in [2.24, 2.45) is 10.7 Å². The summed E-state index contributed by atoms with van der Waals surface area (Å²) in [5, 5.41) is 0. The van der Waals surface area contributed by atoms with E-state index < -0.39 is 0 Å². The summed E-state index contributed by atoms with van der Waals surface area (Å²) in [6.07, 6.45) is 0. The number of amidine groups is 1. The molecule has 1 aromatic carbocycles. The number of aliphatic imine (C=N–C) groups is 1. The molecule has 0 aromatic heterocycles. The first-order valence-corrected chi connectivity index (χ1v) is 4.80. The minimum absolute atomic E-state index is 0. The van der Waals surface area contributed by atoms with Crippen LogP contribution >= 0.6 is 12.4 Å². The number of nitrogens with two attached hydrogens (primary N) is 3. The summed E-state index contributed by atoms with van der Waals surface area (Å²) in [5.74, 6) is 0.481. The van der Waals surface area contributed by atoms with Gasteiger partial charge in [0.1, 0.15) is 5.84 Å². The molecule has 0 aliphatic carbocycles. The Morgan fingerprint density at radius 2 is 1.69 bits per heavy atom. The van der Waals surface area contributed by atoms with Crippen LogP contribution in [0.15, 0.2) is 23.2 Å². The summed E-state index contributed by atoms with van der Waals surface area (Å²) >= 11 is 0. The van der Waals surface area contributed by atoms with Gasteiger partial charge in [0.2, 0.25) is 0 Å². The molecule has 0 aliphatic heterocycles. The fourth-order valence-electron chi connectivity index (χ4n) is 1.16. The first-order valence-electron chi connectivity index (χ1n) is 4.80. The molecule has 0 radical (unpaired) electrons. The van der Waals surface area contributed by atoms with Gasteiger partial charge in [-0.3, -0.25) is 4.99 Å². The van der Waals surface area contributed by atoms with Gasteiger partial charge < -0.3 is 17.2 Å². The third kappa shape index (κ3) is 3.98. The zero-order chi connectivity index (χ0) is 11.6. The minimum Gasteiger partial charge on any atom is -0.397 e. The van der Waals surface area contributed by atoms with Crippen molar-refractivity contribution in [1.29, 1.82) is 0 Å². The van der Waals surface area contributed by atoms with Crippen LogP contribution in [0, 0.1) is 0 Å². The van der Waals surface area contributed by atoms with E-state index in [1.54, 1.807) is 12.1 Å². The number of nitrogens with zero attached hydrogens (tertiary/aromatic N) is 1. The number of nitrogen functional groups attached to an aromatic ring is 2. The van der Waals surface area contributed by atoms with Gasteiger partial charge in [-0.05, 0) is 39.0 Å². The van der Waals surface area contributed by atoms with Gasteiger partial charge in [-0.1, -0.05) is 0 Å². The Morgan fingerprint density at radius 1 is 1.12 bits per heavy atom. The predicted molar refractivity (Wildman–Crippen MR) is 73.0 cm³/mol. The van der Waals surface area contributed by atoms with Crippen LogP contribution in [0.5, 0.6) is 0 Å². The Labute approximate surface area is 102 Å². The predicted octanol–water partition coefficient (Wildman–Crippen LogP) is 1.78. The molecule has 90 valence electrons. The summed E-state index contributed by atoms with van der Waals surface area (Å²) in [4.78, 5) is 4.35. The Hall–Kier alpha value is -1.42. The highest BCUT2D eigenvalue weighted by Crippen LogP contribution is 2.17. The number of halogens is 1. The van der Waals surface area contributed by atoms with Gasteiger partial charge >= 0.3 is 0 Å². The summed E-state index contributed by atoms with van der Waals surface area (Å²) in [6.45, 7) is 5.96. The van der Waals surface area contributed by atoms with E-state index in [1.807, 2.05) is 26.8 Å². The van der Waals surface area contributed by atoms with Gasteiger partial charge in [-0.15, -0.1) is 12.4 Å². The van der Waals surface area contributed by atoms with Crippen LogP contribution in [0.1, 0.15) is 26.3 Å². The molecule has 0 heterocycles. The number of anilines is 2. The van der Waals surface area contributed by atoms with Gasteiger partial charge in [-0.2, -0.15) is 0 Å². The van der Waals surface area contributed by atoms with Crippen molar-refractivity contribution >= 4 is 29.6 Å². The highest BCUT2D eigenvalue weighted by Gasteiger charge is 2.09. The fourth-order valence-corrected chi connectivity index (χ4v) is 1.16. The van der Waals surface area contributed by atoms with Crippen molar-refractivity contribution in [2.45, 2.75) is 26.3 Å². The number of rotatable bonds is 1. The van der Waals surface area contributed by atoms with E-state index in [2.05, 4.69) is 4.99 Å². The second kappa shape index (κ2) is 5.07. The monoisotopic (exact) mass is 242 g/mol. The molecule has 0 fully saturated rings. The second-order valence-electron chi connectivity index (χ2n) is 4.51. The van der Waals surface area contributed by atoms with Gasteiger partial charge in [0, 0.05) is 5.56 Å². The standard InChI is InChI=1S/C11H18N4.ClH/c1-11(2,3)15-10(14)7-4-5-8(12)9(13)6-7;/h4-6H,12-13H2,1-3H3,(H2,14,15);1H. The molecular weight excluding hydrogens is 224 g/mol. The molecule has 16 heavy (non-hydrogen) atoms. The van der Waals surface area contributed by atoms with Crippen LogP contribution in [0.4, 0.5) is 11.4 Å². The largest absolute Gasteiger partial charge is 0.397 e. The van der Waals surface area contributed by atoms with E-state index in [4.69, 9.17) is 17.2 Å². The van der Waals surface area contributed by atoms with Crippen LogP contribution in [0.3, 0.4) is 0 Å². The molecule has 1 rings (SSSR count). The van der Waals surface area contributed by atoms with Crippen LogP contribution in [-0.2, 0) is 0 Å². The van der Waals surface area contributed by atoms with E-state index in [0.29, 0.717) is 17.2 Å². The lowest BCUT2D eigenvalue weighted by molar-refractivity contribution is 0.583. The van der Waals surface area contributed by atoms with Crippen LogP contribution in [0.2, 0.25) is 0 Å². The smallest absolute Gasteiger partial charge is 0.126 e. The Kier molecular flexibility index (Phi) is 4.62. The Bertz CT molecular complexity index is 393. The van der Waals surface area contributed by atoms with Crippen LogP contribution in [-0.4, -0.2) is 11.4 Å². The normalized spacial score (nSPS) is 12.1. The average molecular weight is 243 g/mol. The molecule has 0 saturated heterocycles. The summed E-state index contributed by atoms with van der Waals surface area (Å²) in [5.41, 5.74) is 18.8. The first-order chi connectivity index (χ1) is 6.79. The SMILES string of the molecule is CC(C)(C)N=C(N)c1ccc(N)c(N)c1.Cl. The molecular formula is C11H19ClN4. The quantitative estimate of drug-likeness (QED) is 0.398. The summed E-state index contributed by atoms with van der Waals surface area (Å²) in [6, 6.07) is 5.28. The molecule has 5 heteroatoms. The first kappa shape index (κ1) is 14.6. The Balaban J connectivity index is 0.00000225. The number of benzene rings is 1. The molecule has 0 unspecified atom stereocenters. The van der Waals surface area contributed by atoms with E-state index >= 15 is 0 Å². The third-order valence-corrected chi connectivity index (χ3v) is 1.84. The maximum atomic E-state index is 5.85. The molecule has 6 N–H and O–H groups in total. The van der Waals surface area contributed by atoms with E-state index in [-0.39, 0.29) is 17.9 Å². The van der Waals surface area contributed by atoms with Gasteiger partial charge in [0.25, 0.3) is 0 Å². The molecule has 0 aliphatic rings. The molecule has 1 aromatic rings. The molecule has 0 saturated carbocycles. The number of hydrogen-bond acceptors (Lipinski definition) is 3. The molecule has 4 nitrogen and oxygen atoms in total. The lowest BCUT2D eigenvalue weighted by Gasteiger charge is -2.14. The van der Waals surface area contributed by atoms with Crippen molar-refractivity contribution in [2.75, 3.05) is 11.5 Å². The molecule has 0 amide bonds. The summed E-state index contributed by atoms with van der Waals surface area (Å²) in [7, 11) is 0. The molecule has 0 bridgehead atoms. The van der Waals surface area contributed by atoms with Crippen molar-refractivity contribution in [3.63, 3.8) is 0 Å². The summed E-state index contributed by atoms with van der Waals surface area (Å²) < 4.78 is 0. The van der Waals surface area contributed by atoms with E-state index in [9.17, 15) is 0 Å². The Morgan fingerprint density at radius 3 is 2.12 bits per heavy atom. The average Bonchev–Trinajstić information content (AvgIpc) is 2.06. The van der Waals surface area contributed by atoms with Crippen molar-refractivity contribution in [1.82, 2.24) is 0 Å². The third-order valence-electron chi connectivity index (χ3n) is 1.84. The molecule has 0 atom stereocenters. The minimum atomic E-state index is -0.194. The van der Waals surface area contributed by atoms with Crippen molar-refractivity contribution < 1.29 is 0 Å². The second-order valence-corrected chi connectivity index (χ2v) is 4.51. The maximum Gasteiger partial charge on any atom is 0.126 e. The van der Waals surface area contributed by atoms with Crippen LogP contribution < -0.4 is 17.2 Å². The lowest BCUT2D eigenvalue weighted by atomic mass is 10.1. The number of hydrogen-bond donors (Lipinski definition) is 3. The zero-order valence-corrected chi connectivity index (χ0v) is 10.6. The topological polar surface area (TPSA) is 90.4 Å². The van der Waals surface area contributed by atoms with Gasteiger partial charge in [-0.25, -0.2) is 0 Å². The van der Waals surface area contributed by atoms with Crippen molar-refractivity contribution in [3.05, 3.63) is 23.8 Å². The highest BCUT2D eigenvalue weighted by molar-refractivity contribution is 5.99. The van der Waals surface area contributed by atoms with Crippen molar-refractivity contribution in [3.8, 4) is 0 Å². The van der Waals surface area contributed by atoms with Crippen LogP contribution in [0.25, 0.3) is 0 Å². The fraction of sp³-hybridized carbons (Fsp3) is 0.364. The zero-order valence-electron chi connectivity index (χ0n) is 9.82. The van der Waals surface area contributed by atoms with Gasteiger partial charge in [0.05, 0.1) is 16.9 Å². The highest BCUT2D eigenvalue weighted by atomic mass is 35.5. The van der Waals surface area contributed by atoms with E-state index in [1.165, 1.54) is 0 Å². The van der Waals surface area contributed by atoms with E-state index in [0.717, 1.165) is 5.56 Å². The maximum absolute atomic E-state index is 5.85. The lowest BCUT2D eigenvalue weighted by Crippen LogP contribution is -2.21.